The maximum absolute atomic E-state index is 13.2. The number of fused-ring (bicyclic) bond motifs is 2. The summed E-state index contributed by atoms with van der Waals surface area (Å²) in [4.78, 5) is 18.8. The Hall–Kier alpha value is -2.66. The molecule has 3 aromatic rings. The highest BCUT2D eigenvalue weighted by molar-refractivity contribution is 7.80. The molecule has 0 bridgehead atoms. The van der Waals surface area contributed by atoms with Gasteiger partial charge in [-0.15, -0.1) is 0 Å². The first kappa shape index (κ1) is 21.2. The SMILES string of the molecule is CC(C)c1ccccc1-c1ccc2c(c1)C(S)CC21CCN(C(=O)c2ccc(F)cn2)C1. The van der Waals surface area contributed by atoms with Gasteiger partial charge in [0.05, 0.1) is 6.20 Å². The molecule has 1 spiro atoms. The van der Waals surface area contributed by atoms with E-state index in [1.807, 2.05) is 4.90 Å². The van der Waals surface area contributed by atoms with Gasteiger partial charge >= 0.3 is 0 Å². The summed E-state index contributed by atoms with van der Waals surface area (Å²) in [5, 5.41) is 0.148. The van der Waals surface area contributed by atoms with Crippen LogP contribution in [0.4, 0.5) is 4.39 Å². The van der Waals surface area contributed by atoms with Crippen LogP contribution in [-0.2, 0) is 5.41 Å². The summed E-state index contributed by atoms with van der Waals surface area (Å²) in [5.41, 5.74) is 6.66. The molecule has 1 aliphatic heterocycles. The van der Waals surface area contributed by atoms with Crippen molar-refractivity contribution in [2.45, 2.75) is 43.3 Å². The van der Waals surface area contributed by atoms with Gasteiger partial charge in [-0.3, -0.25) is 4.79 Å². The third-order valence-electron chi connectivity index (χ3n) is 7.05. The number of pyridine rings is 1. The molecule has 5 rings (SSSR count). The second-order valence-electron chi connectivity index (χ2n) is 9.38. The van der Waals surface area contributed by atoms with E-state index < -0.39 is 5.82 Å². The van der Waals surface area contributed by atoms with Crippen LogP contribution in [0.15, 0.2) is 60.8 Å². The van der Waals surface area contributed by atoms with Crippen molar-refractivity contribution in [3.8, 4) is 11.1 Å². The Kier molecular flexibility index (Phi) is 5.32. The molecule has 0 saturated carbocycles. The van der Waals surface area contributed by atoms with Gasteiger partial charge in [-0.2, -0.15) is 12.6 Å². The molecule has 2 aliphatic rings. The third kappa shape index (κ3) is 3.53. The maximum Gasteiger partial charge on any atom is 0.272 e. The lowest BCUT2D eigenvalue weighted by molar-refractivity contribution is 0.0777. The quantitative estimate of drug-likeness (QED) is 0.488. The second-order valence-corrected chi connectivity index (χ2v) is 10.0. The van der Waals surface area contributed by atoms with Crippen molar-refractivity contribution in [3.63, 3.8) is 0 Å². The zero-order chi connectivity index (χ0) is 22.5. The Bertz CT molecular complexity index is 1180. The molecule has 32 heavy (non-hydrogen) atoms. The molecular formula is C27H27FN2OS. The molecule has 1 amide bonds. The average Bonchev–Trinajstić information content (AvgIpc) is 3.34. The van der Waals surface area contributed by atoms with Crippen molar-refractivity contribution in [2.24, 2.45) is 0 Å². The van der Waals surface area contributed by atoms with Crippen LogP contribution in [-0.4, -0.2) is 28.9 Å². The number of rotatable bonds is 3. The van der Waals surface area contributed by atoms with Crippen LogP contribution in [0.1, 0.15) is 65.0 Å². The topological polar surface area (TPSA) is 33.2 Å². The zero-order valence-corrected chi connectivity index (χ0v) is 19.3. The molecule has 1 saturated heterocycles. The Morgan fingerprint density at radius 1 is 1.19 bits per heavy atom. The van der Waals surface area contributed by atoms with E-state index >= 15 is 0 Å². The number of halogens is 1. The first-order chi connectivity index (χ1) is 15.4. The van der Waals surface area contributed by atoms with Crippen molar-refractivity contribution in [1.29, 1.82) is 0 Å². The number of thiol groups is 1. The number of carbonyl (C=O) groups excluding carboxylic acids is 1. The van der Waals surface area contributed by atoms with Gasteiger partial charge in [0.25, 0.3) is 5.91 Å². The summed E-state index contributed by atoms with van der Waals surface area (Å²) < 4.78 is 13.2. The van der Waals surface area contributed by atoms with E-state index in [2.05, 4.69) is 61.3 Å². The molecule has 1 aliphatic carbocycles. The second kappa shape index (κ2) is 8.04. The Morgan fingerprint density at radius 3 is 2.75 bits per heavy atom. The first-order valence-electron chi connectivity index (χ1n) is 11.2. The van der Waals surface area contributed by atoms with Crippen LogP contribution in [0.5, 0.6) is 0 Å². The lowest BCUT2D eigenvalue weighted by Gasteiger charge is -2.26. The highest BCUT2D eigenvalue weighted by Gasteiger charge is 2.48. The molecule has 2 unspecified atom stereocenters. The molecule has 164 valence electrons. The van der Waals surface area contributed by atoms with Gasteiger partial charge in [-0.25, -0.2) is 9.37 Å². The number of carbonyl (C=O) groups is 1. The molecule has 2 aromatic carbocycles. The predicted molar refractivity (Wildman–Crippen MR) is 129 cm³/mol. The standard InChI is InChI=1S/C27H27FN2OS/c1-17(2)20-5-3-4-6-21(20)18-7-9-23-22(13-18)25(32)14-27(23)11-12-30(16-27)26(31)24-10-8-19(28)15-29-24/h3-10,13,15,17,25,32H,11-12,14,16H2,1-2H3. The zero-order valence-electron chi connectivity index (χ0n) is 18.4. The largest absolute Gasteiger partial charge is 0.336 e. The van der Waals surface area contributed by atoms with Crippen LogP contribution >= 0.6 is 12.6 Å². The Balaban J connectivity index is 1.45. The summed E-state index contributed by atoms with van der Waals surface area (Å²) in [5.74, 6) is -0.113. The lowest BCUT2D eigenvalue weighted by Crippen LogP contribution is -2.33. The van der Waals surface area contributed by atoms with Gasteiger partial charge < -0.3 is 4.90 Å². The summed E-state index contributed by atoms with van der Waals surface area (Å²) in [6.07, 6.45) is 2.93. The minimum atomic E-state index is -0.433. The maximum atomic E-state index is 13.2. The number of aromatic nitrogens is 1. The molecule has 1 aromatic heterocycles. The molecule has 1 fully saturated rings. The monoisotopic (exact) mass is 446 g/mol. The van der Waals surface area contributed by atoms with Crippen molar-refractivity contribution >= 4 is 18.5 Å². The molecule has 0 N–H and O–H groups in total. The van der Waals surface area contributed by atoms with Gasteiger partial charge in [0.2, 0.25) is 0 Å². The number of hydrogen-bond acceptors (Lipinski definition) is 3. The highest BCUT2D eigenvalue weighted by atomic mass is 32.1. The van der Waals surface area contributed by atoms with Crippen LogP contribution in [0.2, 0.25) is 0 Å². The van der Waals surface area contributed by atoms with Crippen molar-refractivity contribution in [2.75, 3.05) is 13.1 Å². The van der Waals surface area contributed by atoms with Crippen molar-refractivity contribution in [1.82, 2.24) is 9.88 Å². The average molecular weight is 447 g/mol. The van der Waals surface area contributed by atoms with Crippen LogP contribution in [0.25, 0.3) is 11.1 Å². The molecule has 3 nitrogen and oxygen atoms in total. The number of hydrogen-bond donors (Lipinski definition) is 1. The molecule has 2 atom stereocenters. The Labute approximate surface area is 194 Å². The van der Waals surface area contributed by atoms with Gasteiger partial charge in [0, 0.05) is 23.8 Å². The van der Waals surface area contributed by atoms with Crippen LogP contribution in [0, 0.1) is 5.82 Å². The minimum absolute atomic E-state index is 0.0759. The van der Waals surface area contributed by atoms with Gasteiger partial charge in [-0.05, 0) is 64.8 Å². The fourth-order valence-electron chi connectivity index (χ4n) is 5.44. The summed E-state index contributed by atoms with van der Waals surface area (Å²) in [6.45, 7) is 5.78. The van der Waals surface area contributed by atoms with E-state index in [-0.39, 0.29) is 16.6 Å². The fourth-order valence-corrected chi connectivity index (χ4v) is 6.00. The predicted octanol–water partition coefficient (Wildman–Crippen LogP) is 6.17. The van der Waals surface area contributed by atoms with Crippen molar-refractivity contribution in [3.05, 3.63) is 89.0 Å². The Morgan fingerprint density at radius 2 is 2.00 bits per heavy atom. The summed E-state index contributed by atoms with van der Waals surface area (Å²) in [6, 6.07) is 18.1. The molecule has 0 radical (unpaired) electrons. The van der Waals surface area contributed by atoms with E-state index in [0.29, 0.717) is 24.7 Å². The lowest BCUT2D eigenvalue weighted by atomic mass is 9.80. The summed E-state index contributed by atoms with van der Waals surface area (Å²) in [7, 11) is 0. The molecular weight excluding hydrogens is 419 g/mol. The smallest absolute Gasteiger partial charge is 0.272 e. The third-order valence-corrected chi connectivity index (χ3v) is 7.51. The minimum Gasteiger partial charge on any atom is -0.336 e. The van der Waals surface area contributed by atoms with Crippen molar-refractivity contribution < 1.29 is 9.18 Å². The number of benzene rings is 2. The summed E-state index contributed by atoms with van der Waals surface area (Å²) >= 11 is 4.95. The van der Waals surface area contributed by atoms with E-state index in [0.717, 1.165) is 19.0 Å². The number of nitrogens with zero attached hydrogens (tertiary/aromatic N) is 2. The molecule has 5 heteroatoms. The number of likely N-dealkylation sites (tertiary alicyclic amines) is 1. The van der Waals surface area contributed by atoms with E-state index in [1.165, 1.54) is 39.9 Å². The van der Waals surface area contributed by atoms with Gasteiger partial charge in [0.1, 0.15) is 11.5 Å². The van der Waals surface area contributed by atoms with Gasteiger partial charge in [0.15, 0.2) is 0 Å². The first-order valence-corrected chi connectivity index (χ1v) is 11.7. The van der Waals surface area contributed by atoms with Crippen LogP contribution in [0.3, 0.4) is 0 Å². The van der Waals surface area contributed by atoms with E-state index in [9.17, 15) is 9.18 Å². The van der Waals surface area contributed by atoms with E-state index in [1.54, 1.807) is 0 Å². The fraction of sp³-hybridized carbons (Fsp3) is 0.333. The van der Waals surface area contributed by atoms with Gasteiger partial charge in [-0.1, -0.05) is 50.2 Å². The molecule has 2 heterocycles. The van der Waals surface area contributed by atoms with E-state index in [4.69, 9.17) is 12.6 Å². The number of amides is 1. The van der Waals surface area contributed by atoms with Crippen LogP contribution < -0.4 is 0 Å². The normalized spacial score (nSPS) is 22.0. The highest BCUT2D eigenvalue weighted by Crippen LogP contribution is 2.53.